The molecule has 1 N–H and O–H groups in total. The summed E-state index contributed by atoms with van der Waals surface area (Å²) >= 11 is 0. The van der Waals surface area contributed by atoms with Crippen LogP contribution < -0.4 is 14.4 Å². The van der Waals surface area contributed by atoms with Gasteiger partial charge in [0.25, 0.3) is 0 Å². The number of hydrogen-bond acceptors (Lipinski definition) is 6. The van der Waals surface area contributed by atoms with Crippen molar-refractivity contribution in [3.8, 4) is 11.5 Å². The topological polar surface area (TPSA) is 70.7 Å². The molecule has 0 atom stereocenters. The first kappa shape index (κ1) is 21.1. The van der Waals surface area contributed by atoms with Crippen LogP contribution in [0, 0.1) is 5.82 Å². The molecule has 1 fully saturated rings. The number of methoxy groups -OCH3 is 1. The number of rotatable bonds is 9. The first-order valence-corrected chi connectivity index (χ1v) is 10.5. The van der Waals surface area contributed by atoms with E-state index >= 15 is 0 Å². The number of aromatic nitrogens is 2. The zero-order valence-electron chi connectivity index (χ0n) is 17.6. The van der Waals surface area contributed by atoms with Crippen LogP contribution in [0.1, 0.15) is 12.0 Å². The Bertz CT molecular complexity index is 1030. The van der Waals surface area contributed by atoms with Gasteiger partial charge in [-0.15, -0.1) is 0 Å². The molecule has 1 saturated heterocycles. The molecule has 0 saturated carbocycles. The predicted molar refractivity (Wildman–Crippen MR) is 118 cm³/mol. The molecule has 4 rings (SSSR count). The number of piperazine rings is 1. The van der Waals surface area contributed by atoms with Crippen molar-refractivity contribution >= 4 is 23.0 Å². The number of benzene rings is 2. The lowest BCUT2D eigenvalue weighted by molar-refractivity contribution is -0.107. The van der Waals surface area contributed by atoms with E-state index in [-0.39, 0.29) is 5.82 Å². The van der Waals surface area contributed by atoms with Gasteiger partial charge >= 0.3 is 0 Å². The molecular formula is C23H27FN4O3. The van der Waals surface area contributed by atoms with Gasteiger partial charge in [0.15, 0.2) is 17.3 Å². The van der Waals surface area contributed by atoms with Crippen LogP contribution in [0.15, 0.2) is 36.4 Å². The SMILES string of the molecule is COc1cc(CC=O)ccc1OCCCN1CCN(c2n[nH]c3cc(F)ccc23)CC1. The molecule has 0 unspecified atom stereocenters. The van der Waals surface area contributed by atoms with Gasteiger partial charge < -0.3 is 19.2 Å². The number of carbonyl (C=O) groups is 1. The molecule has 2 heterocycles. The highest BCUT2D eigenvalue weighted by molar-refractivity contribution is 5.90. The number of aromatic amines is 1. The van der Waals surface area contributed by atoms with Crippen LogP contribution in [-0.2, 0) is 11.2 Å². The van der Waals surface area contributed by atoms with Gasteiger partial charge in [0.05, 0.1) is 19.2 Å². The Kier molecular flexibility index (Phi) is 6.66. The Hall–Kier alpha value is -3.13. The molecule has 0 radical (unpaired) electrons. The third-order valence-electron chi connectivity index (χ3n) is 5.60. The summed E-state index contributed by atoms with van der Waals surface area (Å²) in [6, 6.07) is 10.3. The Labute approximate surface area is 180 Å². The number of carbonyl (C=O) groups excluding carboxylic acids is 1. The van der Waals surface area contributed by atoms with Crippen LogP contribution >= 0.6 is 0 Å². The van der Waals surface area contributed by atoms with Gasteiger partial charge in [0.2, 0.25) is 0 Å². The highest BCUT2D eigenvalue weighted by Crippen LogP contribution is 2.28. The molecule has 2 aromatic carbocycles. The van der Waals surface area contributed by atoms with Crippen LogP contribution in [0.2, 0.25) is 0 Å². The van der Waals surface area contributed by atoms with Crippen molar-refractivity contribution in [1.82, 2.24) is 15.1 Å². The molecule has 164 valence electrons. The number of aldehydes is 1. The second-order valence-electron chi connectivity index (χ2n) is 7.62. The Morgan fingerprint density at radius 2 is 1.97 bits per heavy atom. The summed E-state index contributed by atoms with van der Waals surface area (Å²) in [6.07, 6.45) is 2.15. The lowest BCUT2D eigenvalue weighted by Gasteiger charge is -2.35. The van der Waals surface area contributed by atoms with E-state index in [9.17, 15) is 9.18 Å². The molecular weight excluding hydrogens is 399 g/mol. The maximum Gasteiger partial charge on any atom is 0.161 e. The number of H-pyrrole nitrogens is 1. The van der Waals surface area contributed by atoms with Crippen molar-refractivity contribution in [3.63, 3.8) is 0 Å². The van der Waals surface area contributed by atoms with E-state index < -0.39 is 0 Å². The molecule has 0 amide bonds. The summed E-state index contributed by atoms with van der Waals surface area (Å²) in [6.45, 7) is 5.19. The fourth-order valence-corrected chi connectivity index (χ4v) is 3.93. The van der Waals surface area contributed by atoms with E-state index in [0.29, 0.717) is 24.5 Å². The van der Waals surface area contributed by atoms with Gasteiger partial charge in [-0.25, -0.2) is 4.39 Å². The molecule has 1 aliphatic rings. The van der Waals surface area contributed by atoms with Crippen LogP contribution in [0.3, 0.4) is 0 Å². The van der Waals surface area contributed by atoms with Crippen molar-refractivity contribution < 1.29 is 18.7 Å². The molecule has 7 nitrogen and oxygen atoms in total. The Morgan fingerprint density at radius 3 is 2.74 bits per heavy atom. The first-order valence-electron chi connectivity index (χ1n) is 10.5. The largest absolute Gasteiger partial charge is 0.493 e. The summed E-state index contributed by atoms with van der Waals surface area (Å²) in [7, 11) is 1.60. The van der Waals surface area contributed by atoms with Gasteiger partial charge in [-0.1, -0.05) is 6.07 Å². The van der Waals surface area contributed by atoms with Crippen LogP contribution in [0.5, 0.6) is 11.5 Å². The number of anilines is 1. The minimum Gasteiger partial charge on any atom is -0.493 e. The number of nitrogens with zero attached hydrogens (tertiary/aromatic N) is 3. The van der Waals surface area contributed by atoms with Crippen molar-refractivity contribution in [2.45, 2.75) is 12.8 Å². The van der Waals surface area contributed by atoms with E-state index in [1.807, 2.05) is 18.2 Å². The number of hydrogen-bond donors (Lipinski definition) is 1. The van der Waals surface area contributed by atoms with Crippen molar-refractivity contribution in [3.05, 3.63) is 47.8 Å². The summed E-state index contributed by atoms with van der Waals surface area (Å²) in [5, 5.41) is 8.27. The van der Waals surface area contributed by atoms with Crippen molar-refractivity contribution in [2.24, 2.45) is 0 Å². The predicted octanol–water partition coefficient (Wildman–Crippen LogP) is 3.04. The fraction of sp³-hybridized carbons (Fsp3) is 0.391. The molecule has 8 heteroatoms. The summed E-state index contributed by atoms with van der Waals surface area (Å²) < 4.78 is 24.7. The highest BCUT2D eigenvalue weighted by Gasteiger charge is 2.20. The van der Waals surface area contributed by atoms with E-state index in [1.165, 1.54) is 12.1 Å². The maximum atomic E-state index is 13.4. The van der Waals surface area contributed by atoms with Gasteiger partial charge in [0, 0.05) is 44.5 Å². The third kappa shape index (κ3) is 4.96. The molecule has 0 bridgehead atoms. The zero-order chi connectivity index (χ0) is 21.6. The molecule has 0 spiro atoms. The van der Waals surface area contributed by atoms with Gasteiger partial charge in [0.1, 0.15) is 12.1 Å². The van der Waals surface area contributed by atoms with Crippen molar-refractivity contribution in [1.29, 1.82) is 0 Å². The van der Waals surface area contributed by atoms with Crippen LogP contribution in [0.4, 0.5) is 10.2 Å². The minimum atomic E-state index is -0.260. The normalized spacial score (nSPS) is 14.7. The number of nitrogens with one attached hydrogen (secondary N) is 1. The standard InChI is InChI=1S/C23H27FN4O3/c1-30-22-15-17(7-13-29)3-6-21(22)31-14-2-8-27-9-11-28(12-10-27)23-19-5-4-18(24)16-20(19)25-26-23/h3-6,13,15-16H,2,7-12,14H2,1H3,(H,25,26). The fourth-order valence-electron chi connectivity index (χ4n) is 3.93. The van der Waals surface area contributed by atoms with E-state index in [4.69, 9.17) is 9.47 Å². The number of fused-ring (bicyclic) bond motifs is 1. The molecule has 1 aliphatic heterocycles. The lowest BCUT2D eigenvalue weighted by Crippen LogP contribution is -2.47. The monoisotopic (exact) mass is 426 g/mol. The third-order valence-corrected chi connectivity index (χ3v) is 5.60. The number of halogens is 1. The Balaban J connectivity index is 1.23. The molecule has 31 heavy (non-hydrogen) atoms. The first-order chi connectivity index (χ1) is 15.2. The summed E-state index contributed by atoms with van der Waals surface area (Å²) in [4.78, 5) is 15.3. The van der Waals surface area contributed by atoms with Crippen molar-refractivity contribution in [2.75, 3.05) is 51.3 Å². The van der Waals surface area contributed by atoms with E-state index in [2.05, 4.69) is 20.0 Å². The van der Waals surface area contributed by atoms with Gasteiger partial charge in [-0.3, -0.25) is 10.00 Å². The summed E-state index contributed by atoms with van der Waals surface area (Å²) in [5.41, 5.74) is 1.64. The quantitative estimate of drug-likeness (QED) is 0.419. The smallest absolute Gasteiger partial charge is 0.161 e. The highest BCUT2D eigenvalue weighted by atomic mass is 19.1. The second kappa shape index (κ2) is 9.78. The molecule has 1 aromatic heterocycles. The molecule has 0 aliphatic carbocycles. The maximum absolute atomic E-state index is 13.4. The summed E-state index contributed by atoms with van der Waals surface area (Å²) in [5.74, 6) is 1.98. The van der Waals surface area contributed by atoms with E-state index in [1.54, 1.807) is 13.2 Å². The second-order valence-corrected chi connectivity index (χ2v) is 7.62. The zero-order valence-corrected chi connectivity index (χ0v) is 17.6. The van der Waals surface area contributed by atoms with E-state index in [0.717, 1.165) is 67.7 Å². The Morgan fingerprint density at radius 1 is 1.13 bits per heavy atom. The number of ether oxygens (including phenoxy) is 2. The van der Waals surface area contributed by atoms with Gasteiger partial charge in [-0.05, 0) is 42.3 Å². The van der Waals surface area contributed by atoms with Gasteiger partial charge in [-0.2, -0.15) is 5.10 Å². The van der Waals surface area contributed by atoms with Crippen LogP contribution in [0.25, 0.3) is 10.9 Å². The van der Waals surface area contributed by atoms with Crippen LogP contribution in [-0.4, -0.2) is 67.8 Å². The minimum absolute atomic E-state index is 0.260. The molecule has 3 aromatic rings. The lowest BCUT2D eigenvalue weighted by atomic mass is 10.1. The average Bonchev–Trinajstić information content (AvgIpc) is 3.21. The average molecular weight is 426 g/mol.